The normalized spacial score (nSPS) is 12.0. The van der Waals surface area contributed by atoms with Crippen molar-refractivity contribution in [3.8, 4) is 0 Å². The minimum atomic E-state index is -3.98. The Morgan fingerprint density at radius 2 is 1.95 bits per heavy atom. The fraction of sp³-hybridized carbons (Fsp3) is 0.286. The lowest BCUT2D eigenvalue weighted by molar-refractivity contribution is 0.395. The molecule has 0 bridgehead atoms. The lowest BCUT2D eigenvalue weighted by Gasteiger charge is -2.17. The Hall–Kier alpha value is -1.86. The molecule has 7 heteroatoms. The van der Waals surface area contributed by atoms with Gasteiger partial charge in [0.2, 0.25) is 10.0 Å². The molecular weight excluding hydrogens is 295 g/mol. The molecule has 5 nitrogen and oxygen atoms in total. The Morgan fingerprint density at radius 1 is 1.29 bits per heavy atom. The van der Waals surface area contributed by atoms with Gasteiger partial charge in [0.15, 0.2) is 0 Å². The summed E-state index contributed by atoms with van der Waals surface area (Å²) in [5, 5.41) is 0. The van der Waals surface area contributed by atoms with Crippen molar-refractivity contribution < 1.29 is 17.2 Å². The second-order valence-corrected chi connectivity index (χ2v) is 6.93. The summed E-state index contributed by atoms with van der Waals surface area (Å²) in [4.78, 5) is -0.434. The van der Waals surface area contributed by atoms with Crippen LogP contribution in [0.4, 0.5) is 10.1 Å². The Morgan fingerprint density at radius 3 is 2.52 bits per heavy atom. The lowest BCUT2D eigenvalue weighted by Crippen LogP contribution is -2.27. The van der Waals surface area contributed by atoms with E-state index >= 15 is 0 Å². The molecule has 2 N–H and O–H groups in total. The van der Waals surface area contributed by atoms with E-state index in [1.807, 2.05) is 0 Å². The number of halogens is 1. The molecule has 0 unspecified atom stereocenters. The minimum absolute atomic E-state index is 0.0173. The SMILES string of the molecule is Cc1ccc(CN(C)S(=O)(=O)c2cc(N)c(C)cc2F)o1. The van der Waals surface area contributed by atoms with Gasteiger partial charge in [-0.15, -0.1) is 0 Å². The van der Waals surface area contributed by atoms with E-state index in [9.17, 15) is 12.8 Å². The van der Waals surface area contributed by atoms with Crippen molar-refractivity contribution in [2.45, 2.75) is 25.3 Å². The zero-order chi connectivity index (χ0) is 15.8. The molecule has 114 valence electrons. The Labute approximate surface area is 123 Å². The predicted octanol–water partition coefficient (Wildman–Crippen LogP) is 2.44. The summed E-state index contributed by atoms with van der Waals surface area (Å²) in [6.45, 7) is 3.39. The molecule has 2 rings (SSSR count). The summed E-state index contributed by atoms with van der Waals surface area (Å²) in [6, 6.07) is 5.68. The van der Waals surface area contributed by atoms with Crippen LogP contribution in [-0.2, 0) is 16.6 Å². The molecule has 0 aliphatic carbocycles. The zero-order valence-corrected chi connectivity index (χ0v) is 12.9. The van der Waals surface area contributed by atoms with Crippen LogP contribution in [-0.4, -0.2) is 19.8 Å². The third kappa shape index (κ3) is 3.08. The molecule has 0 amide bonds. The highest BCUT2D eigenvalue weighted by molar-refractivity contribution is 7.89. The molecule has 0 fully saturated rings. The molecule has 0 aliphatic heterocycles. The number of nitrogen functional groups attached to an aromatic ring is 1. The number of aryl methyl sites for hydroxylation is 2. The fourth-order valence-electron chi connectivity index (χ4n) is 1.91. The molecule has 21 heavy (non-hydrogen) atoms. The lowest BCUT2D eigenvalue weighted by atomic mass is 10.2. The van der Waals surface area contributed by atoms with Gasteiger partial charge in [0.05, 0.1) is 6.54 Å². The van der Waals surface area contributed by atoms with Gasteiger partial charge in [-0.05, 0) is 43.7 Å². The van der Waals surface area contributed by atoms with Crippen LogP contribution in [0.15, 0.2) is 33.6 Å². The standard InChI is InChI=1S/C14H17FN2O3S/c1-9-6-12(15)14(7-13(9)16)21(18,19)17(3)8-11-5-4-10(2)20-11/h4-7H,8,16H2,1-3H3. The molecule has 0 atom stereocenters. The van der Waals surface area contributed by atoms with E-state index in [2.05, 4.69) is 0 Å². The number of hydrogen-bond donors (Lipinski definition) is 1. The van der Waals surface area contributed by atoms with Crippen molar-refractivity contribution in [3.05, 3.63) is 47.2 Å². The van der Waals surface area contributed by atoms with Crippen molar-refractivity contribution >= 4 is 15.7 Å². The molecule has 1 heterocycles. The molecule has 0 saturated carbocycles. The topological polar surface area (TPSA) is 76.5 Å². The van der Waals surface area contributed by atoms with Gasteiger partial charge in [0, 0.05) is 12.7 Å². The van der Waals surface area contributed by atoms with E-state index in [1.165, 1.54) is 7.05 Å². The summed E-state index contributed by atoms with van der Waals surface area (Å²) in [5.74, 6) is 0.352. The first-order valence-electron chi connectivity index (χ1n) is 6.29. The first-order valence-corrected chi connectivity index (χ1v) is 7.73. The Balaban J connectivity index is 2.35. The highest BCUT2D eigenvalue weighted by Crippen LogP contribution is 2.25. The molecule has 0 spiro atoms. The number of nitrogens with zero attached hydrogens (tertiary/aromatic N) is 1. The van der Waals surface area contributed by atoms with E-state index < -0.39 is 20.7 Å². The maximum atomic E-state index is 13.9. The monoisotopic (exact) mass is 312 g/mol. The van der Waals surface area contributed by atoms with Gasteiger partial charge in [-0.25, -0.2) is 12.8 Å². The number of anilines is 1. The zero-order valence-electron chi connectivity index (χ0n) is 12.1. The van der Waals surface area contributed by atoms with Crippen LogP contribution in [0.25, 0.3) is 0 Å². The average Bonchev–Trinajstić information content (AvgIpc) is 2.79. The van der Waals surface area contributed by atoms with Crippen molar-refractivity contribution in [2.75, 3.05) is 12.8 Å². The Bertz CT molecular complexity index is 769. The summed E-state index contributed by atoms with van der Waals surface area (Å²) in [7, 11) is -2.62. The molecule has 0 saturated heterocycles. The smallest absolute Gasteiger partial charge is 0.246 e. The number of benzene rings is 1. The molecule has 2 aromatic rings. The minimum Gasteiger partial charge on any atom is -0.465 e. The molecule has 0 radical (unpaired) electrons. The number of nitrogens with two attached hydrogens (primary N) is 1. The van der Waals surface area contributed by atoms with Gasteiger partial charge >= 0.3 is 0 Å². The van der Waals surface area contributed by atoms with E-state index in [1.54, 1.807) is 26.0 Å². The summed E-state index contributed by atoms with van der Waals surface area (Å²) >= 11 is 0. The van der Waals surface area contributed by atoms with Crippen molar-refractivity contribution in [1.29, 1.82) is 0 Å². The van der Waals surface area contributed by atoms with Crippen LogP contribution in [0.3, 0.4) is 0 Å². The van der Waals surface area contributed by atoms with Crippen LogP contribution in [0, 0.1) is 19.7 Å². The fourth-order valence-corrected chi connectivity index (χ4v) is 3.12. The summed E-state index contributed by atoms with van der Waals surface area (Å²) in [5.41, 5.74) is 6.40. The van der Waals surface area contributed by atoms with E-state index in [0.29, 0.717) is 17.1 Å². The van der Waals surface area contributed by atoms with E-state index in [4.69, 9.17) is 10.2 Å². The quantitative estimate of drug-likeness (QED) is 0.880. The predicted molar refractivity (Wildman–Crippen MR) is 77.6 cm³/mol. The van der Waals surface area contributed by atoms with E-state index in [-0.39, 0.29) is 12.2 Å². The van der Waals surface area contributed by atoms with Gasteiger partial charge < -0.3 is 10.2 Å². The van der Waals surface area contributed by atoms with Crippen molar-refractivity contribution in [2.24, 2.45) is 0 Å². The maximum Gasteiger partial charge on any atom is 0.246 e. The second kappa shape index (κ2) is 5.50. The van der Waals surface area contributed by atoms with Crippen molar-refractivity contribution in [3.63, 3.8) is 0 Å². The largest absolute Gasteiger partial charge is 0.465 e. The van der Waals surface area contributed by atoms with Crippen LogP contribution in [0.2, 0.25) is 0 Å². The summed E-state index contributed by atoms with van der Waals surface area (Å²) < 4.78 is 45.1. The number of sulfonamides is 1. The Kier molecular flexibility index (Phi) is 4.06. The number of furan rings is 1. The number of hydrogen-bond acceptors (Lipinski definition) is 4. The first kappa shape index (κ1) is 15.5. The molecular formula is C14H17FN2O3S. The van der Waals surface area contributed by atoms with Crippen LogP contribution in [0.5, 0.6) is 0 Å². The average molecular weight is 312 g/mol. The summed E-state index contributed by atoms with van der Waals surface area (Å²) in [6.07, 6.45) is 0. The highest BCUT2D eigenvalue weighted by atomic mass is 32.2. The van der Waals surface area contributed by atoms with Gasteiger partial charge in [0.1, 0.15) is 22.2 Å². The van der Waals surface area contributed by atoms with E-state index in [0.717, 1.165) is 16.4 Å². The third-order valence-corrected chi connectivity index (χ3v) is 5.00. The van der Waals surface area contributed by atoms with Crippen LogP contribution < -0.4 is 5.73 Å². The number of rotatable bonds is 4. The second-order valence-electron chi connectivity index (χ2n) is 4.91. The molecule has 1 aromatic heterocycles. The van der Waals surface area contributed by atoms with Crippen LogP contribution in [0.1, 0.15) is 17.1 Å². The highest BCUT2D eigenvalue weighted by Gasteiger charge is 2.26. The molecule has 0 aliphatic rings. The van der Waals surface area contributed by atoms with Crippen LogP contribution >= 0.6 is 0 Å². The third-order valence-electron chi connectivity index (χ3n) is 3.18. The van der Waals surface area contributed by atoms with Gasteiger partial charge in [0.25, 0.3) is 0 Å². The van der Waals surface area contributed by atoms with Crippen molar-refractivity contribution in [1.82, 2.24) is 4.31 Å². The first-order chi connectivity index (χ1) is 9.71. The van der Waals surface area contributed by atoms with Gasteiger partial charge in [-0.2, -0.15) is 4.31 Å². The maximum absolute atomic E-state index is 13.9. The molecule has 1 aromatic carbocycles. The van der Waals surface area contributed by atoms with Gasteiger partial charge in [-0.1, -0.05) is 0 Å². The van der Waals surface area contributed by atoms with Gasteiger partial charge in [-0.3, -0.25) is 0 Å².